The molecule has 0 aliphatic rings. The Bertz CT molecular complexity index is 617. The molecule has 1 aromatic carbocycles. The van der Waals surface area contributed by atoms with Gasteiger partial charge in [-0.25, -0.2) is 9.78 Å². The van der Waals surface area contributed by atoms with Gasteiger partial charge in [0.15, 0.2) is 0 Å². The lowest BCUT2D eigenvalue weighted by Crippen LogP contribution is -2.08. The van der Waals surface area contributed by atoms with Crippen LogP contribution in [0.25, 0.3) is 11.0 Å². The Hall–Kier alpha value is -2.05. The predicted molar refractivity (Wildman–Crippen MR) is 57.1 cm³/mol. The summed E-state index contributed by atoms with van der Waals surface area (Å²) in [5.41, 5.74) is -0.263. The molecule has 1 aromatic heterocycles. The van der Waals surface area contributed by atoms with Gasteiger partial charge in [-0.3, -0.25) is 0 Å². The monoisotopic (exact) mass is 258 g/mol. The van der Waals surface area contributed by atoms with Crippen LogP contribution in [-0.2, 0) is 18.0 Å². The Morgan fingerprint density at radius 1 is 1.39 bits per heavy atom. The standard InChI is InChI=1S/C11H9F3N2O2/c1-16-8-4-3-6(11(12,13)14)5-7(8)15-9(16)10(17)18-2/h3-5H,1-2H3. The zero-order chi connectivity index (χ0) is 13.5. The lowest BCUT2D eigenvalue weighted by molar-refractivity contribution is -0.137. The highest BCUT2D eigenvalue weighted by molar-refractivity contribution is 5.91. The van der Waals surface area contributed by atoms with E-state index >= 15 is 0 Å². The smallest absolute Gasteiger partial charge is 0.416 e. The van der Waals surface area contributed by atoms with Crippen molar-refractivity contribution in [3.63, 3.8) is 0 Å². The molecule has 0 aliphatic carbocycles. The molecule has 0 aliphatic heterocycles. The van der Waals surface area contributed by atoms with E-state index in [-0.39, 0.29) is 11.3 Å². The van der Waals surface area contributed by atoms with Gasteiger partial charge in [-0.1, -0.05) is 0 Å². The van der Waals surface area contributed by atoms with E-state index in [0.717, 1.165) is 12.1 Å². The van der Waals surface area contributed by atoms with Gasteiger partial charge >= 0.3 is 12.1 Å². The fourth-order valence-electron chi connectivity index (χ4n) is 1.65. The highest BCUT2D eigenvalue weighted by Gasteiger charge is 2.31. The molecule has 4 nitrogen and oxygen atoms in total. The molecule has 96 valence electrons. The Morgan fingerprint density at radius 3 is 2.61 bits per heavy atom. The number of methoxy groups -OCH3 is 1. The van der Waals surface area contributed by atoms with Crippen LogP contribution in [0.3, 0.4) is 0 Å². The van der Waals surface area contributed by atoms with Gasteiger partial charge in [0.05, 0.1) is 23.7 Å². The van der Waals surface area contributed by atoms with Crippen LogP contribution in [0.2, 0.25) is 0 Å². The number of aryl methyl sites for hydroxylation is 1. The SMILES string of the molecule is COC(=O)c1nc2cc(C(F)(F)F)ccc2n1C. The number of ether oxygens (including phenoxy) is 1. The number of halogens is 3. The minimum absolute atomic E-state index is 0.0353. The second kappa shape index (κ2) is 4.01. The summed E-state index contributed by atoms with van der Waals surface area (Å²) in [6, 6.07) is 3.13. The summed E-state index contributed by atoms with van der Waals surface area (Å²) in [6.45, 7) is 0. The Kier molecular flexibility index (Phi) is 2.76. The Balaban J connectivity index is 2.62. The molecular weight excluding hydrogens is 249 g/mol. The number of aromatic nitrogens is 2. The first-order chi connectivity index (χ1) is 8.34. The molecule has 2 aromatic rings. The molecule has 0 bridgehead atoms. The van der Waals surface area contributed by atoms with Gasteiger partial charge in [0.2, 0.25) is 5.82 Å². The van der Waals surface area contributed by atoms with E-state index < -0.39 is 17.7 Å². The van der Waals surface area contributed by atoms with Crippen molar-refractivity contribution in [1.82, 2.24) is 9.55 Å². The van der Waals surface area contributed by atoms with Gasteiger partial charge in [-0.05, 0) is 18.2 Å². The van der Waals surface area contributed by atoms with Gasteiger partial charge in [-0.15, -0.1) is 0 Å². The molecule has 0 saturated carbocycles. The van der Waals surface area contributed by atoms with Gasteiger partial charge < -0.3 is 9.30 Å². The van der Waals surface area contributed by atoms with E-state index in [2.05, 4.69) is 9.72 Å². The minimum atomic E-state index is -4.43. The van der Waals surface area contributed by atoms with Crippen LogP contribution in [0.15, 0.2) is 18.2 Å². The number of carbonyl (C=O) groups is 1. The molecule has 1 heterocycles. The number of hydrogen-bond donors (Lipinski definition) is 0. The zero-order valence-corrected chi connectivity index (χ0v) is 9.58. The number of alkyl halides is 3. The van der Waals surface area contributed by atoms with Gasteiger partial charge in [0.25, 0.3) is 0 Å². The van der Waals surface area contributed by atoms with Gasteiger partial charge in [0.1, 0.15) is 0 Å². The highest BCUT2D eigenvalue weighted by Crippen LogP contribution is 2.31. The maximum atomic E-state index is 12.5. The van der Waals surface area contributed by atoms with E-state index in [4.69, 9.17) is 0 Å². The molecular formula is C11H9F3N2O2. The molecule has 2 rings (SSSR count). The van der Waals surface area contributed by atoms with E-state index in [1.165, 1.54) is 24.8 Å². The number of hydrogen-bond acceptors (Lipinski definition) is 3. The first-order valence-corrected chi connectivity index (χ1v) is 4.96. The van der Waals surface area contributed by atoms with Crippen LogP contribution in [0.5, 0.6) is 0 Å². The second-order valence-electron chi connectivity index (χ2n) is 3.69. The summed E-state index contributed by atoms with van der Waals surface area (Å²) in [4.78, 5) is 15.2. The van der Waals surface area contributed by atoms with Crippen LogP contribution in [-0.4, -0.2) is 22.6 Å². The molecule has 0 radical (unpaired) electrons. The molecule has 0 N–H and O–H groups in total. The fraction of sp³-hybridized carbons (Fsp3) is 0.273. The maximum Gasteiger partial charge on any atom is 0.416 e. The lowest BCUT2D eigenvalue weighted by Gasteiger charge is -2.05. The molecule has 18 heavy (non-hydrogen) atoms. The summed E-state index contributed by atoms with van der Waals surface area (Å²) in [5, 5.41) is 0. The summed E-state index contributed by atoms with van der Waals surface area (Å²) >= 11 is 0. The predicted octanol–water partition coefficient (Wildman–Crippen LogP) is 2.38. The quantitative estimate of drug-likeness (QED) is 0.737. The molecule has 0 amide bonds. The van der Waals surface area contributed by atoms with Crippen LogP contribution in [0.1, 0.15) is 16.2 Å². The number of rotatable bonds is 1. The number of nitrogens with zero attached hydrogens (tertiary/aromatic N) is 2. The number of benzene rings is 1. The number of esters is 1. The van der Waals surface area contributed by atoms with E-state index in [9.17, 15) is 18.0 Å². The maximum absolute atomic E-state index is 12.5. The summed E-state index contributed by atoms with van der Waals surface area (Å²) in [7, 11) is 2.72. The van der Waals surface area contributed by atoms with Crippen molar-refractivity contribution in [3.05, 3.63) is 29.6 Å². The molecule has 0 spiro atoms. The summed E-state index contributed by atoms with van der Waals surface area (Å²) < 4.78 is 43.5. The van der Waals surface area contributed by atoms with E-state index in [1.54, 1.807) is 0 Å². The van der Waals surface area contributed by atoms with Crippen LogP contribution in [0, 0.1) is 0 Å². The van der Waals surface area contributed by atoms with Crippen molar-refractivity contribution in [2.75, 3.05) is 7.11 Å². The van der Waals surface area contributed by atoms with Crippen molar-refractivity contribution in [1.29, 1.82) is 0 Å². The fourth-order valence-corrected chi connectivity index (χ4v) is 1.65. The number of carbonyl (C=O) groups excluding carboxylic acids is 1. The Morgan fingerprint density at radius 2 is 2.06 bits per heavy atom. The van der Waals surface area contributed by atoms with E-state index in [1.807, 2.05) is 0 Å². The average Bonchev–Trinajstić information content (AvgIpc) is 2.64. The molecule has 0 atom stereocenters. The van der Waals surface area contributed by atoms with Crippen molar-refractivity contribution >= 4 is 17.0 Å². The normalized spacial score (nSPS) is 11.8. The molecule has 0 fully saturated rings. The number of fused-ring (bicyclic) bond motifs is 1. The topological polar surface area (TPSA) is 44.1 Å². The van der Waals surface area contributed by atoms with E-state index in [0.29, 0.717) is 5.52 Å². The summed E-state index contributed by atoms with van der Waals surface area (Å²) in [6.07, 6.45) is -4.43. The van der Waals surface area contributed by atoms with Crippen LogP contribution in [0.4, 0.5) is 13.2 Å². The second-order valence-corrected chi connectivity index (χ2v) is 3.69. The van der Waals surface area contributed by atoms with Crippen molar-refractivity contribution in [3.8, 4) is 0 Å². The third kappa shape index (κ3) is 1.92. The highest BCUT2D eigenvalue weighted by atomic mass is 19.4. The first kappa shape index (κ1) is 12.4. The van der Waals surface area contributed by atoms with Crippen LogP contribution < -0.4 is 0 Å². The largest absolute Gasteiger partial charge is 0.463 e. The van der Waals surface area contributed by atoms with Crippen LogP contribution >= 0.6 is 0 Å². The third-order valence-electron chi connectivity index (χ3n) is 2.58. The average molecular weight is 258 g/mol. The minimum Gasteiger partial charge on any atom is -0.463 e. The molecule has 7 heteroatoms. The molecule has 0 unspecified atom stereocenters. The van der Waals surface area contributed by atoms with Crippen molar-refractivity contribution < 1.29 is 22.7 Å². The number of imidazole rings is 1. The third-order valence-corrected chi connectivity index (χ3v) is 2.58. The Labute approximate surface area is 100.0 Å². The molecule has 0 saturated heterocycles. The lowest BCUT2D eigenvalue weighted by atomic mass is 10.2. The zero-order valence-electron chi connectivity index (χ0n) is 9.58. The van der Waals surface area contributed by atoms with Crippen molar-refractivity contribution in [2.45, 2.75) is 6.18 Å². The van der Waals surface area contributed by atoms with Crippen molar-refractivity contribution in [2.24, 2.45) is 7.05 Å². The van der Waals surface area contributed by atoms with Gasteiger partial charge in [0, 0.05) is 7.05 Å². The first-order valence-electron chi connectivity index (χ1n) is 4.96. The van der Waals surface area contributed by atoms with Gasteiger partial charge in [-0.2, -0.15) is 13.2 Å². The summed E-state index contributed by atoms with van der Waals surface area (Å²) in [5.74, 6) is -0.728.